The molecule has 5 heteroatoms. The first kappa shape index (κ1) is 17.0. The maximum Gasteiger partial charge on any atom is 0.166 e. The van der Waals surface area contributed by atoms with Crippen LogP contribution in [0.1, 0.15) is 51.9 Å². The van der Waals surface area contributed by atoms with Crippen molar-refractivity contribution in [2.45, 2.75) is 70.0 Å². The van der Waals surface area contributed by atoms with E-state index in [1.54, 1.807) is 7.11 Å². The zero-order chi connectivity index (χ0) is 15.1. The highest BCUT2D eigenvalue weighted by atomic mass is 32.1. The van der Waals surface area contributed by atoms with E-state index in [4.69, 9.17) is 17.0 Å². The lowest BCUT2D eigenvalue weighted by atomic mass is 9.81. The summed E-state index contributed by atoms with van der Waals surface area (Å²) in [7, 11) is 1.74. The summed E-state index contributed by atoms with van der Waals surface area (Å²) in [5, 5.41) is 7.65. The molecular formula is C16H31N3OS. The zero-order valence-electron chi connectivity index (χ0n) is 13.6. The predicted octanol–water partition coefficient (Wildman–Crippen LogP) is 2.28. The Bertz CT molecular complexity index is 313. The largest absolute Gasteiger partial charge is 0.385 e. The smallest absolute Gasteiger partial charge is 0.166 e. The van der Waals surface area contributed by atoms with Crippen molar-refractivity contribution in [2.75, 3.05) is 26.8 Å². The van der Waals surface area contributed by atoms with Gasteiger partial charge in [-0.2, -0.15) is 0 Å². The third-order valence-corrected chi connectivity index (χ3v) is 5.02. The lowest BCUT2D eigenvalue weighted by Gasteiger charge is -2.49. The van der Waals surface area contributed by atoms with E-state index in [0.29, 0.717) is 6.04 Å². The maximum absolute atomic E-state index is 5.42. The number of nitrogens with one attached hydrogen (secondary N) is 2. The summed E-state index contributed by atoms with van der Waals surface area (Å²) >= 11 is 5.42. The van der Waals surface area contributed by atoms with Crippen LogP contribution in [0.15, 0.2) is 0 Å². The second kappa shape index (κ2) is 8.91. The molecule has 2 bridgehead atoms. The van der Waals surface area contributed by atoms with Crippen molar-refractivity contribution in [3.8, 4) is 0 Å². The number of nitrogens with zero attached hydrogens (tertiary/aromatic N) is 1. The van der Waals surface area contributed by atoms with Crippen molar-refractivity contribution in [1.29, 1.82) is 0 Å². The highest BCUT2D eigenvalue weighted by Gasteiger charge is 2.37. The lowest BCUT2D eigenvalue weighted by molar-refractivity contribution is 0.0282. The minimum absolute atomic E-state index is 0.552. The highest BCUT2D eigenvalue weighted by Crippen LogP contribution is 2.34. The Morgan fingerprint density at radius 2 is 2.00 bits per heavy atom. The molecule has 2 N–H and O–H groups in total. The summed E-state index contributed by atoms with van der Waals surface area (Å²) in [5.74, 6) is 0. The van der Waals surface area contributed by atoms with Crippen LogP contribution in [0, 0.1) is 0 Å². The van der Waals surface area contributed by atoms with Gasteiger partial charge in [0.15, 0.2) is 5.11 Å². The Morgan fingerprint density at radius 3 is 2.62 bits per heavy atom. The Balaban J connectivity index is 1.74. The van der Waals surface area contributed by atoms with Crippen LogP contribution in [0.2, 0.25) is 0 Å². The number of methoxy groups -OCH3 is 1. The first-order valence-corrected chi connectivity index (χ1v) is 8.94. The molecule has 3 atom stereocenters. The summed E-state index contributed by atoms with van der Waals surface area (Å²) in [6.45, 7) is 5.23. The van der Waals surface area contributed by atoms with E-state index in [9.17, 15) is 0 Å². The van der Waals surface area contributed by atoms with Gasteiger partial charge in [-0.05, 0) is 57.3 Å². The first-order valence-electron chi connectivity index (χ1n) is 8.53. The van der Waals surface area contributed by atoms with Crippen molar-refractivity contribution in [3.63, 3.8) is 0 Å². The molecule has 122 valence electrons. The molecule has 0 saturated carbocycles. The monoisotopic (exact) mass is 313 g/mol. The molecule has 0 spiro atoms. The summed E-state index contributed by atoms with van der Waals surface area (Å²) in [6, 6.07) is 2.09. The second-order valence-electron chi connectivity index (χ2n) is 6.39. The molecule has 2 aliphatic heterocycles. The molecule has 4 nitrogen and oxygen atoms in total. The summed E-state index contributed by atoms with van der Waals surface area (Å²) in [5.41, 5.74) is 0. The van der Waals surface area contributed by atoms with E-state index in [2.05, 4.69) is 22.5 Å². The van der Waals surface area contributed by atoms with E-state index in [-0.39, 0.29) is 0 Å². The van der Waals surface area contributed by atoms with Crippen molar-refractivity contribution < 1.29 is 4.74 Å². The fourth-order valence-electron chi connectivity index (χ4n) is 3.87. The second-order valence-corrected chi connectivity index (χ2v) is 6.80. The molecule has 0 aromatic carbocycles. The van der Waals surface area contributed by atoms with Crippen LogP contribution in [0.4, 0.5) is 0 Å². The van der Waals surface area contributed by atoms with Gasteiger partial charge in [-0.15, -0.1) is 0 Å². The number of fused-ring (bicyclic) bond motifs is 2. The molecule has 2 saturated heterocycles. The van der Waals surface area contributed by atoms with Crippen molar-refractivity contribution in [1.82, 2.24) is 15.5 Å². The molecule has 0 aromatic rings. The van der Waals surface area contributed by atoms with E-state index in [0.717, 1.165) is 36.8 Å². The highest BCUT2D eigenvalue weighted by molar-refractivity contribution is 7.80. The summed E-state index contributed by atoms with van der Waals surface area (Å²) < 4.78 is 5.05. The average Bonchev–Trinajstić information content (AvgIpc) is 2.45. The molecule has 0 radical (unpaired) electrons. The van der Waals surface area contributed by atoms with Crippen molar-refractivity contribution in [2.24, 2.45) is 0 Å². The summed E-state index contributed by atoms with van der Waals surface area (Å²) in [6.07, 6.45) is 8.89. The number of hydrogen-bond donors (Lipinski definition) is 2. The fraction of sp³-hybridized carbons (Fsp3) is 0.938. The molecule has 2 heterocycles. The SMILES string of the molecule is CCCN1[C@@H]2CCC[C@H]1CC(NC(=S)NCCCOC)C2. The Hall–Kier alpha value is -0.390. The molecule has 2 aliphatic rings. The number of thiocarbonyl (C=S) groups is 1. The van der Waals surface area contributed by atoms with Crippen LogP contribution >= 0.6 is 12.2 Å². The molecule has 2 fully saturated rings. The molecule has 0 amide bonds. The Labute approximate surface area is 135 Å². The van der Waals surface area contributed by atoms with Crippen LogP contribution in [0.5, 0.6) is 0 Å². The quantitative estimate of drug-likeness (QED) is 0.557. The number of rotatable bonds is 7. The minimum atomic E-state index is 0.552. The third kappa shape index (κ3) is 5.08. The van der Waals surface area contributed by atoms with Gasteiger partial charge in [0.2, 0.25) is 0 Å². The number of piperidine rings is 2. The predicted molar refractivity (Wildman–Crippen MR) is 91.7 cm³/mol. The normalized spacial score (nSPS) is 29.1. The molecular weight excluding hydrogens is 282 g/mol. The van der Waals surface area contributed by atoms with Gasteiger partial charge in [0.1, 0.15) is 0 Å². The van der Waals surface area contributed by atoms with Gasteiger partial charge in [-0.1, -0.05) is 13.3 Å². The van der Waals surface area contributed by atoms with Crippen LogP contribution in [0.3, 0.4) is 0 Å². The maximum atomic E-state index is 5.42. The minimum Gasteiger partial charge on any atom is -0.385 e. The van der Waals surface area contributed by atoms with Gasteiger partial charge in [0, 0.05) is 38.4 Å². The van der Waals surface area contributed by atoms with Crippen molar-refractivity contribution >= 4 is 17.3 Å². The molecule has 2 rings (SSSR count). The Kier molecular flexibility index (Phi) is 7.20. The molecule has 21 heavy (non-hydrogen) atoms. The van der Waals surface area contributed by atoms with Gasteiger partial charge in [-0.3, -0.25) is 4.90 Å². The Morgan fingerprint density at radius 1 is 1.29 bits per heavy atom. The molecule has 0 aromatic heterocycles. The van der Waals surface area contributed by atoms with Gasteiger partial charge in [0.05, 0.1) is 0 Å². The average molecular weight is 314 g/mol. The van der Waals surface area contributed by atoms with Crippen LogP contribution in [0.25, 0.3) is 0 Å². The van der Waals surface area contributed by atoms with Crippen molar-refractivity contribution in [3.05, 3.63) is 0 Å². The standard InChI is InChI=1S/C16H31N3OS/c1-3-9-19-14-6-4-7-15(19)12-13(11-14)18-16(21)17-8-5-10-20-2/h13-15H,3-12H2,1-2H3,(H2,17,18,21)/t13?,14-,15+. The van der Waals surface area contributed by atoms with Crippen LogP contribution in [-0.4, -0.2) is 54.9 Å². The van der Waals surface area contributed by atoms with E-state index >= 15 is 0 Å². The van der Waals surface area contributed by atoms with Crippen LogP contribution < -0.4 is 10.6 Å². The topological polar surface area (TPSA) is 36.5 Å². The van der Waals surface area contributed by atoms with Gasteiger partial charge in [0.25, 0.3) is 0 Å². The van der Waals surface area contributed by atoms with E-state index in [1.165, 1.54) is 45.1 Å². The molecule has 0 aliphatic carbocycles. The van der Waals surface area contributed by atoms with Gasteiger partial charge < -0.3 is 15.4 Å². The summed E-state index contributed by atoms with van der Waals surface area (Å²) in [4.78, 5) is 2.76. The lowest BCUT2D eigenvalue weighted by Crippen LogP contribution is -2.57. The van der Waals surface area contributed by atoms with Gasteiger partial charge >= 0.3 is 0 Å². The first-order chi connectivity index (χ1) is 10.2. The number of hydrogen-bond acceptors (Lipinski definition) is 3. The van der Waals surface area contributed by atoms with Crippen LogP contribution in [-0.2, 0) is 4.74 Å². The number of ether oxygens (including phenoxy) is 1. The van der Waals surface area contributed by atoms with E-state index < -0.39 is 0 Å². The van der Waals surface area contributed by atoms with E-state index in [1.807, 2.05) is 0 Å². The zero-order valence-corrected chi connectivity index (χ0v) is 14.4. The third-order valence-electron chi connectivity index (χ3n) is 4.75. The van der Waals surface area contributed by atoms with Gasteiger partial charge in [-0.25, -0.2) is 0 Å². The fourth-order valence-corrected chi connectivity index (χ4v) is 4.14. The molecule has 1 unspecified atom stereocenters.